The summed E-state index contributed by atoms with van der Waals surface area (Å²) in [5.74, 6) is 0.369. The SMILES string of the molecule is C=C(C)COc1ccc(C2(C)NC(=O)N(CCCC#N)C2=O)cc1. The number of nitriles is 1. The van der Waals surface area contributed by atoms with Gasteiger partial charge in [-0.25, -0.2) is 4.79 Å². The Labute approximate surface area is 141 Å². The number of hydrogen-bond acceptors (Lipinski definition) is 4. The standard InChI is InChI=1S/C18H21N3O3/c1-13(2)12-24-15-8-6-14(7-9-15)18(3)16(22)21(17(23)20-18)11-5-4-10-19/h6-9H,1,4-5,11-12H2,2-3H3,(H,20,23). The Kier molecular flexibility index (Phi) is 5.24. The van der Waals surface area contributed by atoms with Gasteiger partial charge in [0.05, 0.1) is 6.07 Å². The molecule has 0 spiro atoms. The van der Waals surface area contributed by atoms with Gasteiger partial charge < -0.3 is 10.1 Å². The lowest BCUT2D eigenvalue weighted by Crippen LogP contribution is -2.40. The molecule has 24 heavy (non-hydrogen) atoms. The number of imide groups is 1. The van der Waals surface area contributed by atoms with Crippen LogP contribution in [0.2, 0.25) is 0 Å². The van der Waals surface area contributed by atoms with E-state index in [1.54, 1.807) is 31.2 Å². The summed E-state index contributed by atoms with van der Waals surface area (Å²) in [6, 6.07) is 8.65. The first-order valence-corrected chi connectivity index (χ1v) is 7.77. The zero-order valence-electron chi connectivity index (χ0n) is 14.0. The first-order chi connectivity index (χ1) is 11.4. The average molecular weight is 327 g/mol. The van der Waals surface area contributed by atoms with E-state index in [0.717, 1.165) is 5.57 Å². The van der Waals surface area contributed by atoms with Gasteiger partial charge in [0.15, 0.2) is 0 Å². The Bertz CT molecular complexity index is 690. The second-order valence-electron chi connectivity index (χ2n) is 6.04. The molecule has 6 heteroatoms. The molecule has 1 saturated heterocycles. The van der Waals surface area contributed by atoms with Crippen LogP contribution in [0.4, 0.5) is 4.79 Å². The molecule has 1 aliphatic heterocycles. The molecule has 0 aromatic heterocycles. The van der Waals surface area contributed by atoms with Crippen molar-refractivity contribution >= 4 is 11.9 Å². The summed E-state index contributed by atoms with van der Waals surface area (Å²) in [5.41, 5.74) is 0.500. The van der Waals surface area contributed by atoms with Gasteiger partial charge in [-0.2, -0.15) is 5.26 Å². The minimum Gasteiger partial charge on any atom is -0.489 e. The van der Waals surface area contributed by atoms with E-state index in [0.29, 0.717) is 30.8 Å². The van der Waals surface area contributed by atoms with Gasteiger partial charge in [0.2, 0.25) is 0 Å². The Morgan fingerprint density at radius 3 is 2.62 bits per heavy atom. The van der Waals surface area contributed by atoms with E-state index >= 15 is 0 Å². The number of nitrogens with zero attached hydrogens (tertiary/aromatic N) is 2. The number of carbonyl (C=O) groups excluding carboxylic acids is 2. The van der Waals surface area contributed by atoms with Crippen molar-refractivity contribution in [2.75, 3.05) is 13.2 Å². The molecule has 1 N–H and O–H groups in total. The number of hydrogen-bond donors (Lipinski definition) is 1. The van der Waals surface area contributed by atoms with Crippen LogP contribution in [0.5, 0.6) is 5.75 Å². The van der Waals surface area contributed by atoms with Crippen molar-refractivity contribution in [3.8, 4) is 11.8 Å². The van der Waals surface area contributed by atoms with Crippen LogP contribution in [0.1, 0.15) is 32.3 Å². The van der Waals surface area contributed by atoms with Gasteiger partial charge in [0.1, 0.15) is 17.9 Å². The van der Waals surface area contributed by atoms with Crippen molar-refractivity contribution in [3.05, 3.63) is 42.0 Å². The van der Waals surface area contributed by atoms with Crippen LogP contribution in [-0.2, 0) is 10.3 Å². The lowest BCUT2D eigenvalue weighted by molar-refractivity contribution is -0.131. The molecule has 1 heterocycles. The highest BCUT2D eigenvalue weighted by Gasteiger charge is 2.48. The van der Waals surface area contributed by atoms with Gasteiger partial charge in [-0.3, -0.25) is 9.69 Å². The van der Waals surface area contributed by atoms with Gasteiger partial charge in [-0.1, -0.05) is 18.7 Å². The Morgan fingerprint density at radius 1 is 1.38 bits per heavy atom. The summed E-state index contributed by atoms with van der Waals surface area (Å²) in [6.07, 6.45) is 0.780. The van der Waals surface area contributed by atoms with E-state index in [1.807, 2.05) is 13.0 Å². The van der Waals surface area contributed by atoms with Gasteiger partial charge >= 0.3 is 6.03 Å². The number of amides is 3. The maximum atomic E-state index is 12.6. The molecule has 0 saturated carbocycles. The largest absolute Gasteiger partial charge is 0.489 e. The Balaban J connectivity index is 2.12. The predicted molar refractivity (Wildman–Crippen MR) is 89.2 cm³/mol. The number of benzene rings is 1. The van der Waals surface area contributed by atoms with Crippen molar-refractivity contribution in [2.24, 2.45) is 0 Å². The second-order valence-corrected chi connectivity index (χ2v) is 6.04. The van der Waals surface area contributed by atoms with E-state index in [1.165, 1.54) is 4.90 Å². The Hall–Kier alpha value is -2.81. The fourth-order valence-corrected chi connectivity index (χ4v) is 2.50. The summed E-state index contributed by atoms with van der Waals surface area (Å²) >= 11 is 0. The summed E-state index contributed by atoms with van der Waals surface area (Å²) < 4.78 is 5.54. The van der Waals surface area contributed by atoms with Crippen molar-refractivity contribution in [3.63, 3.8) is 0 Å². The zero-order chi connectivity index (χ0) is 17.7. The topological polar surface area (TPSA) is 82.4 Å². The van der Waals surface area contributed by atoms with Crippen LogP contribution in [0.3, 0.4) is 0 Å². The van der Waals surface area contributed by atoms with Crippen LogP contribution in [0, 0.1) is 11.3 Å². The fourth-order valence-electron chi connectivity index (χ4n) is 2.50. The lowest BCUT2D eigenvalue weighted by atomic mass is 9.92. The molecular weight excluding hydrogens is 306 g/mol. The number of urea groups is 1. The van der Waals surface area contributed by atoms with Crippen LogP contribution in [0.25, 0.3) is 0 Å². The highest BCUT2D eigenvalue weighted by atomic mass is 16.5. The summed E-state index contributed by atoms with van der Waals surface area (Å²) in [5, 5.41) is 11.3. The number of unbranched alkanes of at least 4 members (excludes halogenated alkanes) is 1. The lowest BCUT2D eigenvalue weighted by Gasteiger charge is -2.22. The molecule has 0 radical (unpaired) electrons. The van der Waals surface area contributed by atoms with Crippen LogP contribution < -0.4 is 10.1 Å². The van der Waals surface area contributed by atoms with Gasteiger partial charge in [0.25, 0.3) is 5.91 Å². The van der Waals surface area contributed by atoms with E-state index in [9.17, 15) is 9.59 Å². The molecule has 1 aliphatic rings. The maximum absolute atomic E-state index is 12.6. The fraction of sp³-hybridized carbons (Fsp3) is 0.389. The normalized spacial score (nSPS) is 19.8. The first-order valence-electron chi connectivity index (χ1n) is 7.77. The van der Waals surface area contributed by atoms with Crippen molar-refractivity contribution < 1.29 is 14.3 Å². The number of carbonyl (C=O) groups is 2. The molecule has 1 unspecified atom stereocenters. The minimum atomic E-state index is -1.10. The van der Waals surface area contributed by atoms with E-state index in [2.05, 4.69) is 11.9 Å². The molecule has 0 aliphatic carbocycles. The van der Waals surface area contributed by atoms with Crippen molar-refractivity contribution in [1.29, 1.82) is 5.26 Å². The van der Waals surface area contributed by atoms with Gasteiger partial charge in [-0.15, -0.1) is 0 Å². The molecule has 3 amide bonds. The first kappa shape index (κ1) is 17.5. The predicted octanol–water partition coefficient (Wildman–Crippen LogP) is 2.71. The third-order valence-corrected chi connectivity index (χ3v) is 3.86. The zero-order valence-corrected chi connectivity index (χ0v) is 14.0. The van der Waals surface area contributed by atoms with Gasteiger partial charge in [0, 0.05) is 13.0 Å². The summed E-state index contributed by atoms with van der Waals surface area (Å²) in [7, 11) is 0. The van der Waals surface area contributed by atoms with Crippen molar-refractivity contribution in [1.82, 2.24) is 10.2 Å². The Morgan fingerprint density at radius 2 is 2.04 bits per heavy atom. The second kappa shape index (κ2) is 7.18. The van der Waals surface area contributed by atoms with Crippen LogP contribution >= 0.6 is 0 Å². The van der Waals surface area contributed by atoms with Crippen LogP contribution in [0.15, 0.2) is 36.4 Å². The third-order valence-electron chi connectivity index (χ3n) is 3.86. The average Bonchev–Trinajstić information content (AvgIpc) is 2.77. The number of rotatable bonds is 7. The summed E-state index contributed by atoms with van der Waals surface area (Å²) in [4.78, 5) is 25.9. The number of nitrogens with one attached hydrogen (secondary N) is 1. The highest BCUT2D eigenvalue weighted by molar-refractivity contribution is 6.07. The molecule has 2 rings (SSSR count). The van der Waals surface area contributed by atoms with E-state index in [4.69, 9.17) is 10.00 Å². The number of ether oxygens (including phenoxy) is 1. The van der Waals surface area contributed by atoms with Crippen molar-refractivity contribution in [2.45, 2.75) is 32.2 Å². The third kappa shape index (κ3) is 3.57. The quantitative estimate of drug-likeness (QED) is 0.474. The molecule has 1 atom stereocenters. The molecule has 1 fully saturated rings. The molecule has 1 aromatic rings. The maximum Gasteiger partial charge on any atom is 0.325 e. The van der Waals surface area contributed by atoms with Crippen LogP contribution in [-0.4, -0.2) is 30.0 Å². The highest BCUT2D eigenvalue weighted by Crippen LogP contribution is 2.30. The smallest absolute Gasteiger partial charge is 0.325 e. The van der Waals surface area contributed by atoms with E-state index < -0.39 is 11.6 Å². The molecule has 0 bridgehead atoms. The molecule has 126 valence electrons. The van der Waals surface area contributed by atoms with Gasteiger partial charge in [-0.05, 0) is 43.5 Å². The minimum absolute atomic E-state index is 0.244. The monoisotopic (exact) mass is 327 g/mol. The molecule has 6 nitrogen and oxygen atoms in total. The summed E-state index contributed by atoms with van der Waals surface area (Å²) in [6.45, 7) is 8.01. The molecule has 1 aromatic carbocycles. The van der Waals surface area contributed by atoms with E-state index in [-0.39, 0.29) is 12.5 Å². The molecular formula is C18H21N3O3.